The molecule has 0 radical (unpaired) electrons. The van der Waals surface area contributed by atoms with E-state index in [0.717, 1.165) is 55.7 Å². The van der Waals surface area contributed by atoms with Crippen LogP contribution in [0.4, 0.5) is 17.1 Å². The van der Waals surface area contributed by atoms with Crippen LogP contribution in [-0.2, 0) is 0 Å². The summed E-state index contributed by atoms with van der Waals surface area (Å²) in [7, 11) is 0. The van der Waals surface area contributed by atoms with E-state index in [4.69, 9.17) is 13.8 Å². The Labute approximate surface area is 302 Å². The highest BCUT2D eigenvalue weighted by Gasteiger charge is 2.20. The minimum Gasteiger partial charge on any atom is -0.456 e. The summed E-state index contributed by atoms with van der Waals surface area (Å²) < 4.78 is 15.4. The number of oxazole rings is 1. The number of hydrogen-bond acceptors (Lipinski definition) is 5. The molecule has 0 aliphatic carbocycles. The molecule has 3 heterocycles. The first-order valence-corrected chi connectivity index (χ1v) is 18.2. The molecule has 244 valence electrons. The normalized spacial score (nSPS) is 11.8. The smallest absolute Gasteiger partial charge is 0.228 e. The molecule has 0 fully saturated rings. The average molecular weight is 685 g/mol. The third-order valence-corrected chi connectivity index (χ3v) is 11.2. The van der Waals surface area contributed by atoms with Crippen LogP contribution in [-0.4, -0.2) is 4.98 Å². The first-order valence-electron chi connectivity index (χ1n) is 17.4. The molecule has 11 rings (SSSR count). The molecule has 0 atom stereocenters. The third kappa shape index (κ3) is 4.64. The maximum absolute atomic E-state index is 6.59. The van der Waals surface area contributed by atoms with Gasteiger partial charge in [0.05, 0.1) is 0 Å². The Morgan fingerprint density at radius 2 is 1.15 bits per heavy atom. The van der Waals surface area contributed by atoms with Gasteiger partial charge in [-0.1, -0.05) is 91.0 Å². The zero-order valence-electron chi connectivity index (χ0n) is 27.8. The molecule has 0 aliphatic heterocycles. The van der Waals surface area contributed by atoms with Gasteiger partial charge in [-0.15, -0.1) is 11.3 Å². The Hall–Kier alpha value is -6.69. The lowest BCUT2D eigenvalue weighted by Gasteiger charge is -2.26. The number of anilines is 3. The summed E-state index contributed by atoms with van der Waals surface area (Å²) in [5.74, 6) is 0.587. The van der Waals surface area contributed by atoms with Gasteiger partial charge < -0.3 is 13.7 Å². The van der Waals surface area contributed by atoms with Crippen molar-refractivity contribution in [3.8, 4) is 22.6 Å². The Morgan fingerprint density at radius 3 is 2.08 bits per heavy atom. The van der Waals surface area contributed by atoms with Gasteiger partial charge in [-0.05, 0) is 94.7 Å². The number of nitrogens with zero attached hydrogens (tertiary/aromatic N) is 2. The van der Waals surface area contributed by atoms with Crippen LogP contribution in [0.2, 0.25) is 0 Å². The maximum atomic E-state index is 6.59. The summed E-state index contributed by atoms with van der Waals surface area (Å²) in [6, 6.07) is 59.9. The number of fused-ring (bicyclic) bond motifs is 8. The molecule has 3 aromatic heterocycles. The van der Waals surface area contributed by atoms with Crippen molar-refractivity contribution in [3.63, 3.8) is 0 Å². The van der Waals surface area contributed by atoms with Crippen molar-refractivity contribution >= 4 is 92.4 Å². The van der Waals surface area contributed by atoms with E-state index in [-0.39, 0.29) is 0 Å². The number of aromatic nitrogens is 1. The van der Waals surface area contributed by atoms with Gasteiger partial charge in [-0.25, -0.2) is 4.98 Å². The second-order valence-electron chi connectivity index (χ2n) is 13.2. The first kappa shape index (κ1) is 29.1. The van der Waals surface area contributed by atoms with Gasteiger partial charge in [0.2, 0.25) is 5.89 Å². The Kier molecular flexibility index (Phi) is 6.39. The molecule has 0 N–H and O–H groups in total. The van der Waals surface area contributed by atoms with Gasteiger partial charge >= 0.3 is 0 Å². The molecule has 11 aromatic rings. The molecule has 8 aromatic carbocycles. The second-order valence-corrected chi connectivity index (χ2v) is 14.3. The fraction of sp³-hybridized carbons (Fsp3) is 0. The summed E-state index contributed by atoms with van der Waals surface area (Å²) in [5.41, 5.74) is 9.70. The lowest BCUT2D eigenvalue weighted by Crippen LogP contribution is -2.09. The van der Waals surface area contributed by atoms with E-state index in [1.165, 1.54) is 42.1 Å². The van der Waals surface area contributed by atoms with Crippen LogP contribution < -0.4 is 4.90 Å². The molecule has 0 amide bonds. The largest absolute Gasteiger partial charge is 0.456 e. The van der Waals surface area contributed by atoms with Gasteiger partial charge in [-0.2, -0.15) is 0 Å². The topological polar surface area (TPSA) is 42.4 Å². The fourth-order valence-electron chi connectivity index (χ4n) is 7.60. The van der Waals surface area contributed by atoms with E-state index in [9.17, 15) is 0 Å². The molecule has 0 unspecified atom stereocenters. The van der Waals surface area contributed by atoms with Crippen LogP contribution in [0.5, 0.6) is 0 Å². The Morgan fingerprint density at radius 1 is 0.442 bits per heavy atom. The molecule has 0 bridgehead atoms. The van der Waals surface area contributed by atoms with Gasteiger partial charge in [-0.3, -0.25) is 0 Å². The highest BCUT2D eigenvalue weighted by atomic mass is 32.1. The van der Waals surface area contributed by atoms with Crippen LogP contribution in [0.25, 0.3) is 86.6 Å². The van der Waals surface area contributed by atoms with E-state index in [2.05, 4.69) is 138 Å². The number of benzene rings is 8. The third-order valence-electron chi connectivity index (χ3n) is 10.1. The summed E-state index contributed by atoms with van der Waals surface area (Å²) in [5, 5.41) is 6.95. The van der Waals surface area contributed by atoms with Gasteiger partial charge in [0.25, 0.3) is 0 Å². The molecule has 0 saturated carbocycles. The molecule has 5 heteroatoms. The van der Waals surface area contributed by atoms with E-state index >= 15 is 0 Å². The van der Waals surface area contributed by atoms with E-state index < -0.39 is 0 Å². The molecule has 0 saturated heterocycles. The number of furan rings is 1. The van der Waals surface area contributed by atoms with Crippen molar-refractivity contribution in [2.45, 2.75) is 0 Å². The van der Waals surface area contributed by atoms with Gasteiger partial charge in [0.15, 0.2) is 5.58 Å². The molecule has 52 heavy (non-hydrogen) atoms. The minimum absolute atomic E-state index is 0.587. The first-order chi connectivity index (χ1) is 25.7. The molecule has 4 nitrogen and oxygen atoms in total. The number of thiophene rings is 1. The SMILES string of the molecule is c1ccc(-c2ccc3cc(N(c4ccc5c(c4)oc4cccc(-c6nc7ccccc7o6)c45)c4ccc5c(c4)sc4ccccc45)ccc3c2)cc1. The quantitative estimate of drug-likeness (QED) is 0.181. The van der Waals surface area contributed by atoms with Crippen LogP contribution in [0, 0.1) is 0 Å². The Bertz CT molecular complexity index is 3120. The predicted molar refractivity (Wildman–Crippen MR) is 217 cm³/mol. The van der Waals surface area contributed by atoms with Crippen molar-refractivity contribution in [2.75, 3.05) is 4.90 Å². The van der Waals surface area contributed by atoms with Gasteiger partial charge in [0.1, 0.15) is 16.7 Å². The highest BCUT2D eigenvalue weighted by Crippen LogP contribution is 2.44. The van der Waals surface area contributed by atoms with Crippen LogP contribution >= 0.6 is 11.3 Å². The van der Waals surface area contributed by atoms with Crippen molar-refractivity contribution in [2.24, 2.45) is 0 Å². The zero-order valence-corrected chi connectivity index (χ0v) is 28.6. The molecular weight excluding hydrogens is 657 g/mol. The lowest BCUT2D eigenvalue weighted by atomic mass is 10.0. The summed E-state index contributed by atoms with van der Waals surface area (Å²) in [4.78, 5) is 7.15. The highest BCUT2D eigenvalue weighted by molar-refractivity contribution is 7.25. The summed E-state index contributed by atoms with van der Waals surface area (Å²) >= 11 is 1.83. The van der Waals surface area contributed by atoms with Crippen molar-refractivity contribution < 1.29 is 8.83 Å². The average Bonchev–Trinajstić information content (AvgIpc) is 3.91. The van der Waals surface area contributed by atoms with Crippen molar-refractivity contribution in [3.05, 3.63) is 170 Å². The summed E-state index contributed by atoms with van der Waals surface area (Å²) in [6.45, 7) is 0. The van der Waals surface area contributed by atoms with E-state index in [0.29, 0.717) is 5.89 Å². The van der Waals surface area contributed by atoms with E-state index in [1.807, 2.05) is 47.7 Å². The molecular formula is C47H28N2O2S. The van der Waals surface area contributed by atoms with Crippen LogP contribution in [0.1, 0.15) is 0 Å². The fourth-order valence-corrected chi connectivity index (χ4v) is 8.74. The zero-order chi connectivity index (χ0) is 34.2. The second kappa shape index (κ2) is 11.4. The molecule has 0 spiro atoms. The minimum atomic E-state index is 0.587. The van der Waals surface area contributed by atoms with Gasteiger partial charge in [0, 0.05) is 59.6 Å². The van der Waals surface area contributed by atoms with Crippen molar-refractivity contribution in [1.29, 1.82) is 0 Å². The monoisotopic (exact) mass is 684 g/mol. The lowest BCUT2D eigenvalue weighted by molar-refractivity contribution is 0.620. The number of hydrogen-bond donors (Lipinski definition) is 0. The maximum Gasteiger partial charge on any atom is 0.228 e. The van der Waals surface area contributed by atoms with Crippen LogP contribution in [0.3, 0.4) is 0 Å². The molecule has 0 aliphatic rings. The number of rotatable bonds is 5. The van der Waals surface area contributed by atoms with E-state index in [1.54, 1.807) is 0 Å². The van der Waals surface area contributed by atoms with Crippen molar-refractivity contribution in [1.82, 2.24) is 4.98 Å². The summed E-state index contributed by atoms with van der Waals surface area (Å²) in [6.07, 6.45) is 0. The predicted octanol–water partition coefficient (Wildman–Crippen LogP) is 14.1. The standard InChI is InChI=1S/C47H28N2O2S/c1-2-9-29(10-3-1)30-17-18-32-26-33(20-19-31(32)25-30)49(35-21-23-37-36-11-4-7-16-44(36)52-45(37)28-35)34-22-24-38-43(27-34)50-42-15-8-12-39(46(38)42)47-48-40-13-5-6-14-41(40)51-47/h1-28H. The Balaban J connectivity index is 1.08. The van der Waals surface area contributed by atoms with Crippen LogP contribution in [0.15, 0.2) is 179 Å². The number of para-hydroxylation sites is 2.